The van der Waals surface area contributed by atoms with Crippen molar-refractivity contribution in [1.82, 2.24) is 4.90 Å². The molecule has 2 aliphatic rings. The highest BCUT2D eigenvalue weighted by atomic mass is 16.7. The summed E-state index contributed by atoms with van der Waals surface area (Å²) in [5.41, 5.74) is 1.42. The van der Waals surface area contributed by atoms with Crippen LogP contribution in [-0.4, -0.2) is 31.3 Å². The molecular formula is C20H31NO2. The van der Waals surface area contributed by atoms with Gasteiger partial charge >= 0.3 is 0 Å². The molecule has 0 radical (unpaired) electrons. The van der Waals surface area contributed by atoms with Gasteiger partial charge < -0.3 is 14.4 Å². The molecule has 0 N–H and O–H groups in total. The molecule has 1 aromatic carbocycles. The molecule has 0 bridgehead atoms. The molecule has 1 saturated heterocycles. The van der Waals surface area contributed by atoms with Gasteiger partial charge in [-0.15, -0.1) is 0 Å². The maximum absolute atomic E-state index is 5.58. The van der Waals surface area contributed by atoms with Crippen LogP contribution < -0.4 is 9.47 Å². The monoisotopic (exact) mass is 317 g/mol. The van der Waals surface area contributed by atoms with Gasteiger partial charge in [-0.25, -0.2) is 0 Å². The molecule has 23 heavy (non-hydrogen) atoms. The van der Waals surface area contributed by atoms with Crippen LogP contribution in [-0.2, 0) is 0 Å². The van der Waals surface area contributed by atoms with Crippen molar-refractivity contribution in [3.63, 3.8) is 0 Å². The third-order valence-corrected chi connectivity index (χ3v) is 5.20. The summed E-state index contributed by atoms with van der Waals surface area (Å²) in [7, 11) is 0. The number of nitrogens with zero attached hydrogens (tertiary/aromatic N) is 1. The molecule has 3 nitrogen and oxygen atoms in total. The zero-order chi connectivity index (χ0) is 16.1. The first-order valence-corrected chi connectivity index (χ1v) is 9.34. The fourth-order valence-electron chi connectivity index (χ4n) is 3.70. The number of likely N-dealkylation sites (tertiary alicyclic amines) is 1. The van der Waals surface area contributed by atoms with Crippen molar-refractivity contribution >= 4 is 0 Å². The molecular weight excluding hydrogens is 286 g/mol. The van der Waals surface area contributed by atoms with E-state index in [0.29, 0.717) is 12.7 Å². The van der Waals surface area contributed by atoms with Crippen molar-refractivity contribution in [3.8, 4) is 11.5 Å². The standard InChI is InChI=1S/C20H31NO2/c1-16(2)6-7-17(10-13-21-11-4-3-5-12-21)18-8-9-19-20(14-18)23-15-22-19/h8-9,14,16-17H,3-7,10-13,15H2,1-2H3/t17-/m0/s1. The predicted octanol–water partition coefficient (Wildman–Crippen LogP) is 4.81. The van der Waals surface area contributed by atoms with Crippen molar-refractivity contribution in [2.45, 2.75) is 58.3 Å². The van der Waals surface area contributed by atoms with Crippen molar-refractivity contribution in [3.05, 3.63) is 23.8 Å². The summed E-state index contributed by atoms with van der Waals surface area (Å²) < 4.78 is 11.0. The normalized spacial score (nSPS) is 19.3. The smallest absolute Gasteiger partial charge is 0.231 e. The van der Waals surface area contributed by atoms with Crippen LogP contribution in [0.1, 0.15) is 63.9 Å². The van der Waals surface area contributed by atoms with Crippen LogP contribution in [0.3, 0.4) is 0 Å². The van der Waals surface area contributed by atoms with E-state index in [-0.39, 0.29) is 0 Å². The number of rotatable bonds is 7. The predicted molar refractivity (Wildman–Crippen MR) is 94.3 cm³/mol. The first-order chi connectivity index (χ1) is 11.2. The second kappa shape index (κ2) is 8.05. The SMILES string of the molecule is CC(C)CC[C@@H](CCN1CCCCC1)c1ccc2c(c1)OCO2. The van der Waals surface area contributed by atoms with E-state index in [4.69, 9.17) is 9.47 Å². The Balaban J connectivity index is 1.64. The average molecular weight is 317 g/mol. The van der Waals surface area contributed by atoms with E-state index in [0.717, 1.165) is 17.4 Å². The molecule has 0 unspecified atom stereocenters. The van der Waals surface area contributed by atoms with Crippen LogP contribution in [0, 0.1) is 5.92 Å². The number of benzene rings is 1. The maximum atomic E-state index is 5.58. The Morgan fingerprint density at radius 2 is 1.74 bits per heavy atom. The van der Waals surface area contributed by atoms with Gasteiger partial charge in [0.15, 0.2) is 11.5 Å². The zero-order valence-corrected chi connectivity index (χ0v) is 14.7. The van der Waals surface area contributed by atoms with Crippen LogP contribution in [0.15, 0.2) is 18.2 Å². The van der Waals surface area contributed by atoms with Crippen LogP contribution in [0.5, 0.6) is 11.5 Å². The van der Waals surface area contributed by atoms with E-state index in [1.807, 2.05) is 0 Å². The summed E-state index contributed by atoms with van der Waals surface area (Å²) in [6, 6.07) is 6.54. The Kier molecular flexibility index (Phi) is 5.82. The summed E-state index contributed by atoms with van der Waals surface area (Å²) in [5, 5.41) is 0. The molecule has 3 rings (SSSR count). The largest absolute Gasteiger partial charge is 0.454 e. The molecule has 0 amide bonds. The second-order valence-corrected chi connectivity index (χ2v) is 7.47. The number of piperidine rings is 1. The van der Waals surface area contributed by atoms with Crippen LogP contribution >= 0.6 is 0 Å². The third kappa shape index (κ3) is 4.63. The molecule has 0 aromatic heterocycles. The molecule has 2 aliphatic heterocycles. The van der Waals surface area contributed by atoms with Gasteiger partial charge in [-0.2, -0.15) is 0 Å². The number of hydrogen-bond acceptors (Lipinski definition) is 3. The lowest BCUT2D eigenvalue weighted by atomic mass is 9.88. The molecule has 3 heteroatoms. The lowest BCUT2D eigenvalue weighted by Crippen LogP contribution is -2.31. The summed E-state index contributed by atoms with van der Waals surface area (Å²) in [6.45, 7) is 8.82. The van der Waals surface area contributed by atoms with Gasteiger partial charge in [-0.05, 0) is 74.8 Å². The minimum absolute atomic E-state index is 0.364. The minimum Gasteiger partial charge on any atom is -0.454 e. The fourth-order valence-corrected chi connectivity index (χ4v) is 3.70. The summed E-state index contributed by atoms with van der Waals surface area (Å²) in [4.78, 5) is 2.65. The Morgan fingerprint density at radius 3 is 2.52 bits per heavy atom. The number of ether oxygens (including phenoxy) is 2. The lowest BCUT2D eigenvalue weighted by Gasteiger charge is -2.28. The Morgan fingerprint density at radius 1 is 0.957 bits per heavy atom. The summed E-state index contributed by atoms with van der Waals surface area (Å²) >= 11 is 0. The summed E-state index contributed by atoms with van der Waals surface area (Å²) in [6.07, 6.45) is 7.98. The van der Waals surface area contributed by atoms with Gasteiger partial charge in [0.25, 0.3) is 0 Å². The van der Waals surface area contributed by atoms with Gasteiger partial charge in [-0.3, -0.25) is 0 Å². The van der Waals surface area contributed by atoms with Crippen LogP contribution in [0.2, 0.25) is 0 Å². The first kappa shape index (κ1) is 16.6. The fraction of sp³-hybridized carbons (Fsp3) is 0.700. The second-order valence-electron chi connectivity index (χ2n) is 7.47. The topological polar surface area (TPSA) is 21.7 Å². The average Bonchev–Trinajstić information content (AvgIpc) is 3.03. The molecule has 0 aliphatic carbocycles. The van der Waals surface area contributed by atoms with E-state index >= 15 is 0 Å². The van der Waals surface area contributed by atoms with Crippen molar-refractivity contribution in [2.24, 2.45) is 5.92 Å². The van der Waals surface area contributed by atoms with Crippen molar-refractivity contribution in [1.29, 1.82) is 0 Å². The maximum Gasteiger partial charge on any atom is 0.231 e. The zero-order valence-electron chi connectivity index (χ0n) is 14.7. The van der Waals surface area contributed by atoms with Gasteiger partial charge in [0.2, 0.25) is 6.79 Å². The van der Waals surface area contributed by atoms with Gasteiger partial charge in [-0.1, -0.05) is 32.8 Å². The van der Waals surface area contributed by atoms with Gasteiger partial charge in [0.05, 0.1) is 0 Å². The molecule has 0 spiro atoms. The van der Waals surface area contributed by atoms with Crippen LogP contribution in [0.4, 0.5) is 0 Å². The molecule has 2 heterocycles. The Hall–Kier alpha value is -1.22. The van der Waals surface area contributed by atoms with E-state index in [1.54, 1.807) is 0 Å². The highest BCUT2D eigenvalue weighted by Gasteiger charge is 2.20. The number of fused-ring (bicyclic) bond motifs is 1. The Bertz CT molecular complexity index is 494. The van der Waals surface area contributed by atoms with E-state index in [9.17, 15) is 0 Å². The molecule has 1 fully saturated rings. The van der Waals surface area contributed by atoms with E-state index in [1.165, 1.54) is 63.7 Å². The van der Waals surface area contributed by atoms with Crippen molar-refractivity contribution < 1.29 is 9.47 Å². The molecule has 0 saturated carbocycles. The van der Waals surface area contributed by atoms with Crippen LogP contribution in [0.25, 0.3) is 0 Å². The van der Waals surface area contributed by atoms with E-state index < -0.39 is 0 Å². The molecule has 1 aromatic rings. The highest BCUT2D eigenvalue weighted by molar-refractivity contribution is 5.45. The van der Waals surface area contributed by atoms with Gasteiger partial charge in [0.1, 0.15) is 0 Å². The van der Waals surface area contributed by atoms with E-state index in [2.05, 4.69) is 36.9 Å². The highest BCUT2D eigenvalue weighted by Crippen LogP contribution is 2.37. The lowest BCUT2D eigenvalue weighted by molar-refractivity contribution is 0.174. The summed E-state index contributed by atoms with van der Waals surface area (Å²) in [5.74, 6) is 3.22. The van der Waals surface area contributed by atoms with Gasteiger partial charge in [0, 0.05) is 0 Å². The van der Waals surface area contributed by atoms with Crippen molar-refractivity contribution in [2.75, 3.05) is 26.4 Å². The number of hydrogen-bond donors (Lipinski definition) is 0. The minimum atomic E-state index is 0.364. The third-order valence-electron chi connectivity index (χ3n) is 5.20. The first-order valence-electron chi connectivity index (χ1n) is 9.34. The quantitative estimate of drug-likeness (QED) is 0.720. The molecule has 1 atom stereocenters. The molecule has 128 valence electrons. The Labute approximate surface area is 141 Å².